The molecule has 11 heteroatoms. The molecule has 1 amide bonds. The average molecular weight is 421 g/mol. The number of ether oxygens (including phenoxy) is 2. The van der Waals surface area contributed by atoms with Gasteiger partial charge in [0.15, 0.2) is 16.6 Å². The van der Waals surface area contributed by atoms with Gasteiger partial charge in [-0.3, -0.25) is 20.2 Å². The number of thiazole rings is 1. The summed E-state index contributed by atoms with van der Waals surface area (Å²) >= 11 is 1.28. The fraction of sp³-hybridized carbons (Fsp3) is 0.111. The molecule has 0 saturated heterocycles. The van der Waals surface area contributed by atoms with Crippen molar-refractivity contribution in [3.05, 3.63) is 58.2 Å². The molecule has 0 unspecified atom stereocenters. The number of para-hydroxylation sites is 1. The second-order valence-electron chi connectivity index (χ2n) is 5.51. The summed E-state index contributed by atoms with van der Waals surface area (Å²) in [6.45, 7) is -3.18. The van der Waals surface area contributed by atoms with E-state index in [9.17, 15) is 23.7 Å². The number of anilines is 1. The van der Waals surface area contributed by atoms with Crippen molar-refractivity contribution in [2.24, 2.45) is 0 Å². The maximum Gasteiger partial charge on any atom is 0.387 e. The Hall–Kier alpha value is -3.60. The summed E-state index contributed by atoms with van der Waals surface area (Å²) in [5.74, 6) is -1.18. The summed E-state index contributed by atoms with van der Waals surface area (Å²) in [6, 6.07) is 9.28. The maximum absolute atomic E-state index is 12.5. The number of nitrogens with zero attached hydrogens (tertiary/aromatic N) is 2. The molecular weight excluding hydrogens is 408 g/mol. The van der Waals surface area contributed by atoms with E-state index in [4.69, 9.17) is 4.74 Å². The number of rotatable bonds is 7. The Morgan fingerprint density at radius 3 is 2.72 bits per heavy atom. The van der Waals surface area contributed by atoms with Crippen LogP contribution in [0.2, 0.25) is 0 Å². The van der Waals surface area contributed by atoms with Crippen molar-refractivity contribution in [3.63, 3.8) is 0 Å². The number of amides is 1. The van der Waals surface area contributed by atoms with E-state index in [0.29, 0.717) is 5.13 Å². The molecule has 0 radical (unpaired) electrons. The van der Waals surface area contributed by atoms with E-state index < -0.39 is 28.9 Å². The Balaban J connectivity index is 1.84. The SMILES string of the molecule is COc1cc(/C=C/C(=O)Nc2nc3ccccc3s2)c([N+](=O)[O-])cc1OC(F)F. The van der Waals surface area contributed by atoms with Gasteiger partial charge >= 0.3 is 6.61 Å². The van der Waals surface area contributed by atoms with Crippen molar-refractivity contribution >= 4 is 44.4 Å². The largest absolute Gasteiger partial charge is 0.493 e. The van der Waals surface area contributed by atoms with Crippen molar-refractivity contribution in [3.8, 4) is 11.5 Å². The number of methoxy groups -OCH3 is 1. The van der Waals surface area contributed by atoms with E-state index in [0.717, 1.165) is 28.4 Å². The first-order valence-electron chi connectivity index (χ1n) is 8.03. The first-order valence-corrected chi connectivity index (χ1v) is 8.85. The van der Waals surface area contributed by atoms with Gasteiger partial charge in [0.1, 0.15) is 0 Å². The normalized spacial score (nSPS) is 11.2. The Kier molecular flexibility index (Phi) is 5.98. The van der Waals surface area contributed by atoms with Crippen LogP contribution in [-0.2, 0) is 4.79 Å². The number of nitro groups is 1. The number of carbonyl (C=O) groups is 1. The number of nitrogens with one attached hydrogen (secondary N) is 1. The second-order valence-corrected chi connectivity index (χ2v) is 6.54. The lowest BCUT2D eigenvalue weighted by atomic mass is 10.1. The smallest absolute Gasteiger partial charge is 0.387 e. The van der Waals surface area contributed by atoms with Crippen LogP contribution in [0.3, 0.4) is 0 Å². The van der Waals surface area contributed by atoms with Crippen molar-refractivity contribution in [1.29, 1.82) is 0 Å². The summed E-state index contributed by atoms with van der Waals surface area (Å²) in [6.07, 6.45) is 2.25. The molecule has 1 aromatic heterocycles. The van der Waals surface area contributed by atoms with Gasteiger partial charge in [-0.1, -0.05) is 23.5 Å². The van der Waals surface area contributed by atoms with Crippen LogP contribution in [0.25, 0.3) is 16.3 Å². The minimum Gasteiger partial charge on any atom is -0.493 e. The molecule has 0 fully saturated rings. The van der Waals surface area contributed by atoms with E-state index in [1.54, 1.807) is 6.07 Å². The van der Waals surface area contributed by atoms with Crippen LogP contribution in [0.4, 0.5) is 19.6 Å². The Labute approximate surface area is 166 Å². The fourth-order valence-corrected chi connectivity index (χ4v) is 3.31. The molecule has 0 atom stereocenters. The monoisotopic (exact) mass is 421 g/mol. The molecule has 1 heterocycles. The number of nitro benzene ring substituents is 1. The lowest BCUT2D eigenvalue weighted by Gasteiger charge is -2.10. The molecule has 0 aliphatic rings. The number of hydrogen-bond donors (Lipinski definition) is 1. The second kappa shape index (κ2) is 8.61. The van der Waals surface area contributed by atoms with Crippen LogP contribution < -0.4 is 14.8 Å². The highest BCUT2D eigenvalue weighted by atomic mass is 32.1. The van der Waals surface area contributed by atoms with Crippen LogP contribution in [-0.4, -0.2) is 29.5 Å². The van der Waals surface area contributed by atoms with Gasteiger partial charge in [-0.15, -0.1) is 0 Å². The summed E-state index contributed by atoms with van der Waals surface area (Å²) in [5.41, 5.74) is 0.185. The predicted octanol–water partition coefficient (Wildman–Crippen LogP) is 4.47. The van der Waals surface area contributed by atoms with Crippen molar-refractivity contribution < 1.29 is 28.0 Å². The number of hydrogen-bond acceptors (Lipinski definition) is 7. The quantitative estimate of drug-likeness (QED) is 0.343. The Morgan fingerprint density at radius 1 is 1.31 bits per heavy atom. The van der Waals surface area contributed by atoms with Gasteiger partial charge < -0.3 is 9.47 Å². The van der Waals surface area contributed by atoms with E-state index in [-0.39, 0.29) is 11.3 Å². The van der Waals surface area contributed by atoms with Crippen LogP contribution in [0.1, 0.15) is 5.56 Å². The van der Waals surface area contributed by atoms with Crippen molar-refractivity contribution in [1.82, 2.24) is 4.98 Å². The number of halogens is 2. The number of aromatic nitrogens is 1. The molecule has 0 bridgehead atoms. The van der Waals surface area contributed by atoms with Gasteiger partial charge in [0.05, 0.1) is 33.9 Å². The predicted molar refractivity (Wildman–Crippen MR) is 104 cm³/mol. The molecule has 3 aromatic rings. The molecule has 0 spiro atoms. The Bertz CT molecular complexity index is 1070. The summed E-state index contributed by atoms with van der Waals surface area (Å²) in [5, 5.41) is 14.2. The number of carbonyl (C=O) groups excluding carboxylic acids is 1. The standard InChI is InChI=1S/C18H13F2N3O5S/c1-27-13-8-10(12(23(25)26)9-14(13)28-17(19)20)6-7-16(24)22-18-21-11-4-2-3-5-15(11)29-18/h2-9,17H,1H3,(H,21,22,24)/b7-6+. The Morgan fingerprint density at radius 2 is 2.07 bits per heavy atom. The number of benzene rings is 2. The van der Waals surface area contributed by atoms with Gasteiger partial charge in [0.25, 0.3) is 5.69 Å². The zero-order chi connectivity index (χ0) is 21.0. The van der Waals surface area contributed by atoms with E-state index in [1.165, 1.54) is 24.5 Å². The number of alkyl halides is 2. The third-order valence-electron chi connectivity index (χ3n) is 3.66. The van der Waals surface area contributed by atoms with Gasteiger partial charge in [-0.05, 0) is 24.3 Å². The molecule has 3 rings (SSSR count). The first-order chi connectivity index (χ1) is 13.9. The van der Waals surface area contributed by atoms with Crippen LogP contribution >= 0.6 is 11.3 Å². The van der Waals surface area contributed by atoms with Gasteiger partial charge in [0, 0.05) is 6.08 Å². The lowest BCUT2D eigenvalue weighted by molar-refractivity contribution is -0.385. The fourth-order valence-electron chi connectivity index (χ4n) is 2.44. The zero-order valence-electron chi connectivity index (χ0n) is 14.8. The van der Waals surface area contributed by atoms with E-state index in [2.05, 4.69) is 15.0 Å². The number of fused-ring (bicyclic) bond motifs is 1. The van der Waals surface area contributed by atoms with E-state index >= 15 is 0 Å². The van der Waals surface area contributed by atoms with Crippen LogP contribution in [0.15, 0.2) is 42.5 Å². The molecule has 150 valence electrons. The molecule has 0 aliphatic heterocycles. The average Bonchev–Trinajstić information content (AvgIpc) is 3.08. The van der Waals surface area contributed by atoms with Gasteiger partial charge in [-0.2, -0.15) is 8.78 Å². The third kappa shape index (κ3) is 4.82. The highest BCUT2D eigenvalue weighted by Crippen LogP contribution is 2.36. The summed E-state index contributed by atoms with van der Waals surface area (Å²) in [4.78, 5) is 26.9. The molecular formula is C18H13F2N3O5S. The maximum atomic E-state index is 12.5. The third-order valence-corrected chi connectivity index (χ3v) is 4.62. The summed E-state index contributed by atoms with van der Waals surface area (Å²) < 4.78 is 35.0. The minimum absolute atomic E-state index is 0.0204. The molecule has 0 saturated carbocycles. The highest BCUT2D eigenvalue weighted by molar-refractivity contribution is 7.22. The molecule has 29 heavy (non-hydrogen) atoms. The van der Waals surface area contributed by atoms with Crippen molar-refractivity contribution in [2.45, 2.75) is 6.61 Å². The minimum atomic E-state index is -3.18. The first kappa shape index (κ1) is 20.1. The highest BCUT2D eigenvalue weighted by Gasteiger charge is 2.20. The van der Waals surface area contributed by atoms with Gasteiger partial charge in [0.2, 0.25) is 5.91 Å². The van der Waals surface area contributed by atoms with E-state index in [1.807, 2.05) is 18.2 Å². The molecule has 2 aromatic carbocycles. The summed E-state index contributed by atoms with van der Waals surface area (Å²) in [7, 11) is 1.20. The van der Waals surface area contributed by atoms with Gasteiger partial charge in [-0.25, -0.2) is 4.98 Å². The zero-order valence-corrected chi connectivity index (χ0v) is 15.6. The topological polar surface area (TPSA) is 104 Å². The lowest BCUT2D eigenvalue weighted by Crippen LogP contribution is -2.07. The van der Waals surface area contributed by atoms with Crippen LogP contribution in [0, 0.1) is 10.1 Å². The molecule has 8 nitrogen and oxygen atoms in total. The molecule has 0 aliphatic carbocycles. The molecule has 1 N–H and O–H groups in total. The van der Waals surface area contributed by atoms with Crippen LogP contribution in [0.5, 0.6) is 11.5 Å². The van der Waals surface area contributed by atoms with Crippen molar-refractivity contribution in [2.75, 3.05) is 12.4 Å².